The molecule has 0 radical (unpaired) electrons. The fraction of sp³-hybridized carbons (Fsp3) is 0.167. The summed E-state index contributed by atoms with van der Waals surface area (Å²) in [5.74, 6) is -0.443. The van der Waals surface area contributed by atoms with Gasteiger partial charge in [-0.3, -0.25) is 9.59 Å². The highest BCUT2D eigenvalue weighted by atomic mass is 16.5. The van der Waals surface area contributed by atoms with Crippen LogP contribution in [-0.2, 0) is 9.53 Å². The monoisotopic (exact) mass is 444 g/mol. The van der Waals surface area contributed by atoms with E-state index in [0.29, 0.717) is 11.3 Å². The molecule has 9 nitrogen and oxygen atoms in total. The number of para-hydroxylation sites is 1. The van der Waals surface area contributed by atoms with Crippen molar-refractivity contribution in [2.24, 2.45) is 0 Å². The number of nitrogens with zero attached hydrogens (tertiary/aromatic N) is 4. The molecule has 0 bridgehead atoms. The summed E-state index contributed by atoms with van der Waals surface area (Å²) >= 11 is 0. The average molecular weight is 444 g/mol. The number of aromatic nitrogens is 4. The van der Waals surface area contributed by atoms with Gasteiger partial charge in [-0.1, -0.05) is 18.2 Å². The largest absolute Gasteiger partial charge is 0.375 e. The average Bonchev–Trinajstić information content (AvgIpc) is 3.50. The first-order valence-electron chi connectivity index (χ1n) is 10.4. The predicted octanol–water partition coefficient (Wildman–Crippen LogP) is 3.13. The number of benzene rings is 2. The number of ether oxygens (including phenoxy) is 1. The maximum atomic E-state index is 12.7. The zero-order valence-corrected chi connectivity index (χ0v) is 18.3. The maximum Gasteiger partial charge on any atom is 0.251 e. The van der Waals surface area contributed by atoms with Gasteiger partial charge in [0.05, 0.1) is 41.7 Å². The molecule has 4 aromatic rings. The number of carbonyl (C=O) groups excluding carboxylic acids is 2. The predicted molar refractivity (Wildman–Crippen MR) is 124 cm³/mol. The summed E-state index contributed by atoms with van der Waals surface area (Å²) in [4.78, 5) is 24.3. The van der Waals surface area contributed by atoms with E-state index in [0.717, 1.165) is 16.9 Å². The topological polar surface area (TPSA) is 103 Å². The van der Waals surface area contributed by atoms with E-state index in [4.69, 9.17) is 4.74 Å². The van der Waals surface area contributed by atoms with Gasteiger partial charge in [0.1, 0.15) is 6.61 Å². The minimum atomic E-state index is -0.257. The molecule has 2 heterocycles. The molecule has 0 saturated heterocycles. The third kappa shape index (κ3) is 5.34. The Labute approximate surface area is 191 Å². The fourth-order valence-corrected chi connectivity index (χ4v) is 3.27. The van der Waals surface area contributed by atoms with Gasteiger partial charge in [-0.2, -0.15) is 10.2 Å². The van der Waals surface area contributed by atoms with E-state index in [9.17, 15) is 9.59 Å². The minimum Gasteiger partial charge on any atom is -0.375 e. The molecule has 0 spiro atoms. The third-order valence-corrected chi connectivity index (χ3v) is 5.01. The number of hydrogen-bond donors (Lipinski definition) is 2. The molecule has 2 aromatic heterocycles. The smallest absolute Gasteiger partial charge is 0.251 e. The molecule has 0 aliphatic heterocycles. The second-order valence-corrected chi connectivity index (χ2v) is 7.45. The van der Waals surface area contributed by atoms with Gasteiger partial charge < -0.3 is 15.4 Å². The number of methoxy groups -OCH3 is 1. The Morgan fingerprint density at radius 1 is 0.939 bits per heavy atom. The van der Waals surface area contributed by atoms with Gasteiger partial charge in [0, 0.05) is 24.4 Å². The quantitative estimate of drug-likeness (QED) is 0.435. The highest BCUT2D eigenvalue weighted by Gasteiger charge is 2.14. The number of rotatable bonds is 8. The van der Waals surface area contributed by atoms with E-state index in [1.807, 2.05) is 43.5 Å². The van der Waals surface area contributed by atoms with E-state index in [2.05, 4.69) is 20.8 Å². The summed E-state index contributed by atoms with van der Waals surface area (Å²) in [5.41, 5.74) is 3.71. The normalized spacial score (nSPS) is 11.7. The van der Waals surface area contributed by atoms with Crippen molar-refractivity contribution in [1.29, 1.82) is 0 Å². The first-order valence-corrected chi connectivity index (χ1v) is 10.4. The molecular formula is C24H24N6O3. The SMILES string of the molecule is COCC(=O)Nc1cnn(-c2ccc(C(=O)N[C@@H](C)c3cnn(-c4ccccc4)c3)cc2)c1. The summed E-state index contributed by atoms with van der Waals surface area (Å²) in [6.45, 7) is 1.89. The Bertz CT molecular complexity index is 1230. The van der Waals surface area contributed by atoms with Gasteiger partial charge in [0.15, 0.2) is 0 Å². The molecule has 9 heteroatoms. The number of carbonyl (C=O) groups is 2. The minimum absolute atomic E-state index is 0.0273. The third-order valence-electron chi connectivity index (χ3n) is 5.01. The van der Waals surface area contributed by atoms with Crippen LogP contribution in [0.4, 0.5) is 5.69 Å². The van der Waals surface area contributed by atoms with Crippen LogP contribution in [0.2, 0.25) is 0 Å². The van der Waals surface area contributed by atoms with Crippen molar-refractivity contribution in [3.8, 4) is 11.4 Å². The van der Waals surface area contributed by atoms with Gasteiger partial charge in [-0.15, -0.1) is 0 Å². The molecule has 1 atom stereocenters. The highest BCUT2D eigenvalue weighted by molar-refractivity contribution is 5.94. The zero-order valence-electron chi connectivity index (χ0n) is 18.3. The molecule has 4 rings (SSSR count). The lowest BCUT2D eigenvalue weighted by Gasteiger charge is -2.12. The van der Waals surface area contributed by atoms with Crippen molar-refractivity contribution in [3.63, 3.8) is 0 Å². The van der Waals surface area contributed by atoms with Crippen molar-refractivity contribution in [3.05, 3.63) is 90.5 Å². The molecule has 2 amide bonds. The molecule has 0 aliphatic rings. The van der Waals surface area contributed by atoms with Crippen LogP contribution in [0.15, 0.2) is 79.4 Å². The van der Waals surface area contributed by atoms with E-state index >= 15 is 0 Å². The van der Waals surface area contributed by atoms with Crippen molar-refractivity contribution >= 4 is 17.5 Å². The number of anilines is 1. The van der Waals surface area contributed by atoms with Crippen LogP contribution in [-0.4, -0.2) is 45.1 Å². The Balaban J connectivity index is 1.38. The Morgan fingerprint density at radius 3 is 2.33 bits per heavy atom. The van der Waals surface area contributed by atoms with Crippen LogP contribution in [0.25, 0.3) is 11.4 Å². The number of hydrogen-bond acceptors (Lipinski definition) is 5. The second-order valence-electron chi connectivity index (χ2n) is 7.45. The van der Waals surface area contributed by atoms with Crippen LogP contribution in [0.5, 0.6) is 0 Å². The second kappa shape index (κ2) is 9.92. The van der Waals surface area contributed by atoms with Crippen molar-refractivity contribution in [2.75, 3.05) is 19.0 Å². The van der Waals surface area contributed by atoms with Crippen LogP contribution in [0.3, 0.4) is 0 Å². The molecule has 2 N–H and O–H groups in total. The first-order chi connectivity index (χ1) is 16.0. The van der Waals surface area contributed by atoms with Gasteiger partial charge >= 0.3 is 0 Å². The lowest BCUT2D eigenvalue weighted by Crippen LogP contribution is -2.26. The van der Waals surface area contributed by atoms with Gasteiger partial charge in [-0.25, -0.2) is 9.36 Å². The molecule has 0 aliphatic carbocycles. The summed E-state index contributed by atoms with van der Waals surface area (Å²) in [6, 6.07) is 16.6. The highest BCUT2D eigenvalue weighted by Crippen LogP contribution is 2.17. The molecule has 168 valence electrons. The molecular weight excluding hydrogens is 420 g/mol. The Morgan fingerprint density at radius 2 is 1.61 bits per heavy atom. The summed E-state index contributed by atoms with van der Waals surface area (Å²) < 4.78 is 8.19. The van der Waals surface area contributed by atoms with E-state index < -0.39 is 0 Å². The lowest BCUT2D eigenvalue weighted by molar-refractivity contribution is -0.119. The molecule has 0 unspecified atom stereocenters. The zero-order chi connectivity index (χ0) is 23.2. The summed E-state index contributed by atoms with van der Waals surface area (Å²) in [6.07, 6.45) is 6.90. The standard InChI is InChI=1S/C24H24N6O3/c1-17(19-12-25-29(14-19)21-6-4-3-5-7-21)27-24(32)18-8-10-22(11-9-18)30-15-20(13-26-30)28-23(31)16-33-2/h3-15,17H,16H2,1-2H3,(H,27,32)(H,28,31)/t17-/m0/s1. The van der Waals surface area contributed by atoms with E-state index in [1.165, 1.54) is 7.11 Å². The summed E-state index contributed by atoms with van der Waals surface area (Å²) in [5, 5.41) is 14.3. The van der Waals surface area contributed by atoms with E-state index in [-0.39, 0.29) is 24.5 Å². The van der Waals surface area contributed by atoms with Crippen molar-refractivity contribution in [2.45, 2.75) is 13.0 Å². The van der Waals surface area contributed by atoms with Crippen LogP contribution >= 0.6 is 0 Å². The maximum absolute atomic E-state index is 12.7. The molecule has 0 saturated carbocycles. The summed E-state index contributed by atoms with van der Waals surface area (Å²) in [7, 11) is 1.46. The van der Waals surface area contributed by atoms with Crippen LogP contribution in [0, 0.1) is 0 Å². The van der Waals surface area contributed by atoms with Gasteiger partial charge in [-0.05, 0) is 43.3 Å². The van der Waals surface area contributed by atoms with Gasteiger partial charge in [0.25, 0.3) is 5.91 Å². The Hall–Kier alpha value is -4.24. The van der Waals surface area contributed by atoms with Crippen LogP contribution in [0.1, 0.15) is 28.9 Å². The fourth-order valence-electron chi connectivity index (χ4n) is 3.27. The molecule has 33 heavy (non-hydrogen) atoms. The lowest BCUT2D eigenvalue weighted by atomic mass is 10.1. The van der Waals surface area contributed by atoms with Crippen molar-refractivity contribution in [1.82, 2.24) is 24.9 Å². The first kappa shape index (κ1) is 22.0. The van der Waals surface area contributed by atoms with E-state index in [1.54, 1.807) is 52.2 Å². The molecule has 0 fully saturated rings. The molecule has 2 aromatic carbocycles. The van der Waals surface area contributed by atoms with Crippen LogP contribution < -0.4 is 10.6 Å². The van der Waals surface area contributed by atoms with Gasteiger partial charge in [0.2, 0.25) is 5.91 Å². The number of nitrogens with one attached hydrogen (secondary N) is 2. The Kier molecular flexibility index (Phi) is 6.61. The number of amides is 2. The van der Waals surface area contributed by atoms with Crippen molar-refractivity contribution < 1.29 is 14.3 Å².